The molecular formula is C13H19NO2. The number of para-hydroxylation sites is 1. The molecule has 0 aliphatic carbocycles. The standard InChI is InChI=1S/C13H19NO2/c1-10-7-11-5-3-4-6-13(11)14(10)8-12(15)9-16-2/h3-6,10,12,15H,7-9H2,1-2H3. The number of fused-ring (bicyclic) bond motifs is 1. The van der Waals surface area contributed by atoms with Crippen LogP contribution in [0.2, 0.25) is 0 Å². The summed E-state index contributed by atoms with van der Waals surface area (Å²) in [6, 6.07) is 8.86. The van der Waals surface area contributed by atoms with E-state index in [1.165, 1.54) is 11.3 Å². The number of β-amino-alcohol motifs (C(OH)–C–C–N with tert-alkyl or cyclic N) is 1. The summed E-state index contributed by atoms with van der Waals surface area (Å²) in [4.78, 5) is 2.26. The number of nitrogens with zero attached hydrogens (tertiary/aromatic N) is 1. The Balaban J connectivity index is 2.10. The van der Waals surface area contributed by atoms with Gasteiger partial charge in [0.15, 0.2) is 0 Å². The van der Waals surface area contributed by atoms with E-state index < -0.39 is 6.10 Å². The molecule has 2 rings (SSSR count). The lowest BCUT2D eigenvalue weighted by Crippen LogP contribution is -2.38. The average Bonchev–Trinajstić information content (AvgIpc) is 2.56. The molecule has 1 aliphatic heterocycles. The average molecular weight is 221 g/mol. The van der Waals surface area contributed by atoms with Crippen LogP contribution in [0.5, 0.6) is 0 Å². The zero-order valence-electron chi connectivity index (χ0n) is 9.89. The second-order valence-electron chi connectivity index (χ2n) is 4.44. The van der Waals surface area contributed by atoms with Crippen LogP contribution in [0.4, 0.5) is 5.69 Å². The molecule has 1 heterocycles. The second kappa shape index (κ2) is 4.85. The molecule has 0 radical (unpaired) electrons. The Hall–Kier alpha value is -1.06. The minimum atomic E-state index is -0.418. The van der Waals surface area contributed by atoms with Crippen LogP contribution in [0, 0.1) is 0 Å². The van der Waals surface area contributed by atoms with Gasteiger partial charge < -0.3 is 14.7 Å². The SMILES string of the molecule is COCC(O)CN1c2ccccc2CC1C. The molecule has 0 saturated carbocycles. The van der Waals surface area contributed by atoms with Crippen LogP contribution in [0.3, 0.4) is 0 Å². The molecule has 1 aromatic carbocycles. The highest BCUT2D eigenvalue weighted by molar-refractivity contribution is 5.59. The van der Waals surface area contributed by atoms with Gasteiger partial charge in [-0.2, -0.15) is 0 Å². The zero-order valence-corrected chi connectivity index (χ0v) is 9.89. The smallest absolute Gasteiger partial charge is 0.0947 e. The van der Waals surface area contributed by atoms with Gasteiger partial charge in [0, 0.05) is 25.4 Å². The third kappa shape index (κ3) is 2.20. The molecule has 2 unspecified atom stereocenters. The Morgan fingerprint density at radius 3 is 3.00 bits per heavy atom. The predicted octanol–water partition coefficient (Wildman–Crippen LogP) is 1.44. The first kappa shape index (κ1) is 11.4. The fraction of sp³-hybridized carbons (Fsp3) is 0.538. The maximum Gasteiger partial charge on any atom is 0.0947 e. The lowest BCUT2D eigenvalue weighted by atomic mass is 10.1. The van der Waals surface area contributed by atoms with Gasteiger partial charge in [-0.3, -0.25) is 0 Å². The fourth-order valence-electron chi connectivity index (χ4n) is 2.38. The van der Waals surface area contributed by atoms with Crippen LogP contribution in [0.25, 0.3) is 0 Å². The van der Waals surface area contributed by atoms with Crippen LogP contribution in [-0.4, -0.2) is 37.5 Å². The molecule has 0 fully saturated rings. The highest BCUT2D eigenvalue weighted by Gasteiger charge is 2.26. The van der Waals surface area contributed by atoms with E-state index in [0.29, 0.717) is 19.2 Å². The molecule has 0 amide bonds. The van der Waals surface area contributed by atoms with E-state index in [0.717, 1.165) is 6.42 Å². The Bertz CT molecular complexity index is 354. The number of rotatable bonds is 4. The molecule has 0 bridgehead atoms. The van der Waals surface area contributed by atoms with Gasteiger partial charge in [0.05, 0.1) is 12.7 Å². The summed E-state index contributed by atoms with van der Waals surface area (Å²) in [5.41, 5.74) is 2.63. The van der Waals surface area contributed by atoms with Crippen molar-refractivity contribution in [1.29, 1.82) is 0 Å². The summed E-state index contributed by atoms with van der Waals surface area (Å²) in [5, 5.41) is 9.79. The summed E-state index contributed by atoms with van der Waals surface area (Å²) in [5.74, 6) is 0. The summed E-state index contributed by atoms with van der Waals surface area (Å²) in [6.07, 6.45) is 0.647. The van der Waals surface area contributed by atoms with Crippen molar-refractivity contribution in [3.8, 4) is 0 Å². The van der Waals surface area contributed by atoms with Gasteiger partial charge in [-0.15, -0.1) is 0 Å². The minimum absolute atomic E-state index is 0.394. The molecule has 1 aliphatic rings. The number of ether oxygens (including phenoxy) is 1. The molecule has 3 nitrogen and oxygen atoms in total. The fourth-order valence-corrected chi connectivity index (χ4v) is 2.38. The molecule has 0 spiro atoms. The highest BCUT2D eigenvalue weighted by Crippen LogP contribution is 2.31. The number of methoxy groups -OCH3 is 1. The van der Waals surface area contributed by atoms with E-state index in [1.807, 2.05) is 6.07 Å². The van der Waals surface area contributed by atoms with E-state index in [1.54, 1.807) is 7.11 Å². The van der Waals surface area contributed by atoms with Gasteiger partial charge in [-0.25, -0.2) is 0 Å². The zero-order chi connectivity index (χ0) is 11.5. The summed E-state index contributed by atoms with van der Waals surface area (Å²) in [7, 11) is 1.62. The summed E-state index contributed by atoms with van der Waals surface area (Å²) in [6.45, 7) is 3.23. The number of hydrogen-bond acceptors (Lipinski definition) is 3. The normalized spacial score (nSPS) is 20.9. The van der Waals surface area contributed by atoms with E-state index in [-0.39, 0.29) is 0 Å². The van der Waals surface area contributed by atoms with Crippen molar-refractivity contribution in [2.24, 2.45) is 0 Å². The monoisotopic (exact) mass is 221 g/mol. The largest absolute Gasteiger partial charge is 0.389 e. The van der Waals surface area contributed by atoms with Crippen LogP contribution in [-0.2, 0) is 11.2 Å². The topological polar surface area (TPSA) is 32.7 Å². The third-order valence-corrected chi connectivity index (χ3v) is 3.11. The van der Waals surface area contributed by atoms with Crippen molar-refractivity contribution < 1.29 is 9.84 Å². The third-order valence-electron chi connectivity index (χ3n) is 3.11. The molecule has 2 atom stereocenters. The molecule has 3 heteroatoms. The van der Waals surface area contributed by atoms with Crippen LogP contribution in [0.1, 0.15) is 12.5 Å². The Kier molecular flexibility index (Phi) is 3.46. The number of aliphatic hydroxyl groups is 1. The highest BCUT2D eigenvalue weighted by atomic mass is 16.5. The molecule has 1 N–H and O–H groups in total. The molecule has 88 valence electrons. The van der Waals surface area contributed by atoms with E-state index in [2.05, 4.69) is 30.0 Å². The van der Waals surface area contributed by atoms with Crippen molar-refractivity contribution in [3.63, 3.8) is 0 Å². The first-order valence-corrected chi connectivity index (χ1v) is 5.74. The lowest BCUT2D eigenvalue weighted by molar-refractivity contribution is 0.0681. The lowest BCUT2D eigenvalue weighted by Gasteiger charge is -2.27. The molecule has 1 aromatic rings. The van der Waals surface area contributed by atoms with Crippen molar-refractivity contribution in [2.75, 3.05) is 25.2 Å². The molecule has 0 saturated heterocycles. The Morgan fingerprint density at radius 1 is 1.50 bits per heavy atom. The molecular weight excluding hydrogens is 202 g/mol. The summed E-state index contributed by atoms with van der Waals surface area (Å²) >= 11 is 0. The maximum absolute atomic E-state index is 9.79. The maximum atomic E-state index is 9.79. The van der Waals surface area contributed by atoms with Crippen LogP contribution in [0.15, 0.2) is 24.3 Å². The second-order valence-corrected chi connectivity index (χ2v) is 4.44. The van der Waals surface area contributed by atoms with Crippen molar-refractivity contribution >= 4 is 5.69 Å². The van der Waals surface area contributed by atoms with Gasteiger partial charge in [0.25, 0.3) is 0 Å². The molecule has 16 heavy (non-hydrogen) atoms. The van der Waals surface area contributed by atoms with E-state index in [9.17, 15) is 5.11 Å². The van der Waals surface area contributed by atoms with E-state index in [4.69, 9.17) is 4.74 Å². The van der Waals surface area contributed by atoms with Gasteiger partial charge in [0.2, 0.25) is 0 Å². The molecule has 0 aromatic heterocycles. The first-order chi connectivity index (χ1) is 7.72. The first-order valence-electron chi connectivity index (χ1n) is 5.74. The van der Waals surface area contributed by atoms with Crippen molar-refractivity contribution in [3.05, 3.63) is 29.8 Å². The number of anilines is 1. The van der Waals surface area contributed by atoms with Crippen LogP contribution >= 0.6 is 0 Å². The van der Waals surface area contributed by atoms with Gasteiger partial charge >= 0.3 is 0 Å². The number of benzene rings is 1. The van der Waals surface area contributed by atoms with Crippen molar-refractivity contribution in [1.82, 2.24) is 0 Å². The number of hydrogen-bond donors (Lipinski definition) is 1. The predicted molar refractivity (Wildman–Crippen MR) is 64.8 cm³/mol. The van der Waals surface area contributed by atoms with Gasteiger partial charge in [-0.1, -0.05) is 18.2 Å². The van der Waals surface area contributed by atoms with Crippen LogP contribution < -0.4 is 4.90 Å². The summed E-state index contributed by atoms with van der Waals surface area (Å²) < 4.78 is 4.96. The Morgan fingerprint density at radius 2 is 2.25 bits per heavy atom. The quantitative estimate of drug-likeness (QED) is 0.835. The van der Waals surface area contributed by atoms with Gasteiger partial charge in [0.1, 0.15) is 0 Å². The Labute approximate surface area is 96.6 Å². The minimum Gasteiger partial charge on any atom is -0.389 e. The van der Waals surface area contributed by atoms with Crippen molar-refractivity contribution in [2.45, 2.75) is 25.5 Å². The van der Waals surface area contributed by atoms with E-state index >= 15 is 0 Å². The van der Waals surface area contributed by atoms with Gasteiger partial charge in [-0.05, 0) is 25.0 Å². The number of aliphatic hydroxyl groups excluding tert-OH is 1.